The van der Waals surface area contributed by atoms with Gasteiger partial charge < -0.3 is 9.84 Å². The number of aromatic nitrogens is 2. The monoisotopic (exact) mass is 338 g/mol. The van der Waals surface area contributed by atoms with Crippen molar-refractivity contribution < 1.29 is 14.6 Å². The van der Waals surface area contributed by atoms with Crippen LogP contribution in [0, 0.1) is 0 Å². The summed E-state index contributed by atoms with van der Waals surface area (Å²) < 4.78 is 6.48. The van der Waals surface area contributed by atoms with Crippen LogP contribution < -0.4 is 5.56 Å². The van der Waals surface area contributed by atoms with E-state index in [-0.39, 0.29) is 23.3 Å². The van der Waals surface area contributed by atoms with Crippen molar-refractivity contribution in [1.82, 2.24) is 9.55 Å². The molecular formula is C19H18N2O4. The molecule has 0 bridgehead atoms. The molecule has 6 heteroatoms. The Balaban J connectivity index is 2.32. The van der Waals surface area contributed by atoms with Crippen molar-refractivity contribution in [2.75, 3.05) is 6.61 Å². The van der Waals surface area contributed by atoms with Gasteiger partial charge in [0, 0.05) is 0 Å². The molecule has 0 saturated heterocycles. The van der Waals surface area contributed by atoms with Crippen LogP contribution in [0.5, 0.6) is 5.75 Å². The molecule has 0 aliphatic heterocycles. The molecule has 1 unspecified atom stereocenters. The third kappa shape index (κ3) is 3.10. The maximum absolute atomic E-state index is 13.0. The third-order valence-corrected chi connectivity index (χ3v) is 3.92. The van der Waals surface area contributed by atoms with Crippen molar-refractivity contribution in [1.29, 1.82) is 0 Å². The molecular weight excluding hydrogens is 320 g/mol. The van der Waals surface area contributed by atoms with Gasteiger partial charge in [0.2, 0.25) is 0 Å². The highest BCUT2D eigenvalue weighted by atomic mass is 16.5. The number of phenols is 1. The van der Waals surface area contributed by atoms with Crippen molar-refractivity contribution in [2.24, 2.45) is 0 Å². The van der Waals surface area contributed by atoms with Crippen molar-refractivity contribution in [3.8, 4) is 11.4 Å². The number of para-hydroxylation sites is 1. The zero-order valence-corrected chi connectivity index (χ0v) is 14.0. The standard InChI is InChI=1S/C19H18N2O4/c1-3-25-19(24)12(2)17-20-16-10-9-14(22)11-15(16)18(23)21(17)13-7-5-4-6-8-13/h4-12,22H,3H2,1-2H3. The minimum Gasteiger partial charge on any atom is -0.508 e. The Morgan fingerprint density at radius 3 is 2.64 bits per heavy atom. The van der Waals surface area contributed by atoms with Gasteiger partial charge in [-0.25, -0.2) is 4.98 Å². The van der Waals surface area contributed by atoms with Crippen molar-refractivity contribution in [3.05, 3.63) is 64.7 Å². The van der Waals surface area contributed by atoms with E-state index in [2.05, 4.69) is 4.98 Å². The van der Waals surface area contributed by atoms with E-state index < -0.39 is 11.9 Å². The Morgan fingerprint density at radius 1 is 1.24 bits per heavy atom. The van der Waals surface area contributed by atoms with Gasteiger partial charge in [0.05, 0.1) is 23.2 Å². The second-order valence-corrected chi connectivity index (χ2v) is 5.62. The quantitative estimate of drug-likeness (QED) is 0.740. The number of benzene rings is 2. The number of esters is 1. The van der Waals surface area contributed by atoms with Gasteiger partial charge in [-0.2, -0.15) is 0 Å². The molecule has 0 amide bonds. The van der Waals surface area contributed by atoms with Crippen LogP contribution in [0.3, 0.4) is 0 Å². The maximum atomic E-state index is 13.0. The van der Waals surface area contributed by atoms with Gasteiger partial charge in [-0.3, -0.25) is 14.2 Å². The summed E-state index contributed by atoms with van der Waals surface area (Å²) in [5.74, 6) is -0.881. The highest BCUT2D eigenvalue weighted by Crippen LogP contribution is 2.22. The second-order valence-electron chi connectivity index (χ2n) is 5.62. The molecule has 6 nitrogen and oxygen atoms in total. The second kappa shape index (κ2) is 6.76. The van der Waals surface area contributed by atoms with E-state index in [4.69, 9.17) is 4.74 Å². The number of phenolic OH excluding ortho intramolecular Hbond substituents is 1. The Morgan fingerprint density at radius 2 is 1.96 bits per heavy atom. The van der Waals surface area contributed by atoms with Gasteiger partial charge >= 0.3 is 5.97 Å². The molecule has 0 spiro atoms. The predicted molar refractivity (Wildman–Crippen MR) is 94.1 cm³/mol. The zero-order valence-electron chi connectivity index (χ0n) is 14.0. The van der Waals surface area contributed by atoms with E-state index in [9.17, 15) is 14.7 Å². The van der Waals surface area contributed by atoms with E-state index in [0.29, 0.717) is 17.0 Å². The lowest BCUT2D eigenvalue weighted by Crippen LogP contribution is -2.28. The van der Waals surface area contributed by atoms with Gasteiger partial charge in [0.1, 0.15) is 17.5 Å². The summed E-state index contributed by atoms with van der Waals surface area (Å²) in [6, 6.07) is 13.4. The van der Waals surface area contributed by atoms with Crippen molar-refractivity contribution in [3.63, 3.8) is 0 Å². The minimum absolute atomic E-state index is 0.0165. The lowest BCUT2D eigenvalue weighted by Gasteiger charge is -2.17. The summed E-state index contributed by atoms with van der Waals surface area (Å²) in [5.41, 5.74) is 0.663. The molecule has 0 aliphatic carbocycles. The Kier molecular flexibility index (Phi) is 4.52. The van der Waals surface area contributed by atoms with Crippen molar-refractivity contribution >= 4 is 16.9 Å². The predicted octanol–water partition coefficient (Wildman–Crippen LogP) is 2.76. The molecule has 0 fully saturated rings. The number of hydrogen-bond donors (Lipinski definition) is 1. The molecule has 1 N–H and O–H groups in total. The fourth-order valence-corrected chi connectivity index (χ4v) is 2.68. The summed E-state index contributed by atoms with van der Waals surface area (Å²) in [7, 11) is 0. The van der Waals surface area contributed by atoms with Crippen LogP contribution >= 0.6 is 0 Å². The topological polar surface area (TPSA) is 81.4 Å². The number of carbonyl (C=O) groups excluding carboxylic acids is 1. The first-order valence-electron chi connectivity index (χ1n) is 8.00. The van der Waals surface area contributed by atoms with Crippen LogP contribution in [0.4, 0.5) is 0 Å². The molecule has 128 valence electrons. The largest absolute Gasteiger partial charge is 0.508 e. The molecule has 0 radical (unpaired) electrons. The number of aromatic hydroxyl groups is 1. The number of ether oxygens (including phenoxy) is 1. The number of carbonyl (C=O) groups is 1. The summed E-state index contributed by atoms with van der Waals surface area (Å²) in [6.07, 6.45) is 0. The first-order chi connectivity index (χ1) is 12.0. The average Bonchev–Trinajstić information content (AvgIpc) is 2.62. The minimum atomic E-state index is -0.717. The summed E-state index contributed by atoms with van der Waals surface area (Å²) >= 11 is 0. The molecule has 1 heterocycles. The Labute approximate surface area is 144 Å². The van der Waals surface area contributed by atoms with E-state index in [0.717, 1.165) is 0 Å². The summed E-state index contributed by atoms with van der Waals surface area (Å²) in [5, 5.41) is 9.98. The molecule has 1 atom stereocenters. The molecule has 0 aliphatic rings. The van der Waals surface area contributed by atoms with Crippen LogP contribution in [0.15, 0.2) is 53.3 Å². The van der Waals surface area contributed by atoms with E-state index in [1.165, 1.54) is 16.7 Å². The summed E-state index contributed by atoms with van der Waals surface area (Å²) in [6.45, 7) is 3.64. The van der Waals surface area contributed by atoms with Crippen LogP contribution in [0.1, 0.15) is 25.6 Å². The van der Waals surface area contributed by atoms with Gasteiger partial charge in [-0.15, -0.1) is 0 Å². The molecule has 3 rings (SSSR count). The number of hydrogen-bond acceptors (Lipinski definition) is 5. The molecule has 0 saturated carbocycles. The van der Waals surface area contributed by atoms with Crippen LogP contribution in [-0.2, 0) is 9.53 Å². The van der Waals surface area contributed by atoms with Gasteiger partial charge in [-0.1, -0.05) is 18.2 Å². The third-order valence-electron chi connectivity index (χ3n) is 3.92. The fraction of sp³-hybridized carbons (Fsp3) is 0.211. The Hall–Kier alpha value is -3.15. The first kappa shape index (κ1) is 16.7. The van der Waals surface area contributed by atoms with E-state index in [1.54, 1.807) is 44.2 Å². The average molecular weight is 338 g/mol. The Bertz CT molecular complexity index is 980. The van der Waals surface area contributed by atoms with E-state index >= 15 is 0 Å². The SMILES string of the molecule is CCOC(=O)C(C)c1nc2ccc(O)cc2c(=O)n1-c1ccccc1. The lowest BCUT2D eigenvalue weighted by atomic mass is 10.1. The normalized spacial score (nSPS) is 12.1. The van der Waals surface area contributed by atoms with Crippen LogP contribution in [0.25, 0.3) is 16.6 Å². The van der Waals surface area contributed by atoms with Crippen molar-refractivity contribution in [2.45, 2.75) is 19.8 Å². The zero-order chi connectivity index (χ0) is 18.0. The smallest absolute Gasteiger partial charge is 0.316 e. The molecule has 25 heavy (non-hydrogen) atoms. The highest BCUT2D eigenvalue weighted by molar-refractivity contribution is 5.82. The van der Waals surface area contributed by atoms with Crippen LogP contribution in [-0.4, -0.2) is 27.2 Å². The highest BCUT2D eigenvalue weighted by Gasteiger charge is 2.24. The summed E-state index contributed by atoms with van der Waals surface area (Å²) in [4.78, 5) is 29.8. The van der Waals surface area contributed by atoms with Crippen LogP contribution in [0.2, 0.25) is 0 Å². The van der Waals surface area contributed by atoms with Gasteiger partial charge in [0.25, 0.3) is 5.56 Å². The number of fused-ring (bicyclic) bond motifs is 1. The fourth-order valence-electron chi connectivity index (χ4n) is 2.68. The lowest BCUT2D eigenvalue weighted by molar-refractivity contribution is -0.144. The van der Waals surface area contributed by atoms with E-state index in [1.807, 2.05) is 6.07 Å². The maximum Gasteiger partial charge on any atom is 0.316 e. The molecule has 1 aromatic heterocycles. The number of rotatable bonds is 4. The molecule has 3 aromatic rings. The first-order valence-corrected chi connectivity index (χ1v) is 8.00. The molecule has 2 aromatic carbocycles. The van der Waals surface area contributed by atoms with Gasteiger partial charge in [0.15, 0.2) is 0 Å². The van der Waals surface area contributed by atoms with Gasteiger partial charge in [-0.05, 0) is 44.2 Å². The number of nitrogens with zero attached hydrogens (tertiary/aromatic N) is 2.